The Morgan fingerprint density at radius 1 is 1.43 bits per heavy atom. The van der Waals surface area contributed by atoms with Crippen molar-refractivity contribution in [3.63, 3.8) is 0 Å². The molecule has 0 aliphatic carbocycles. The van der Waals surface area contributed by atoms with Gasteiger partial charge in [-0.25, -0.2) is 4.39 Å². The SMILES string of the molecule is CC(C(=O)N1CCCC(C(C)N)C1)c1cccc(F)c1.Cl. The van der Waals surface area contributed by atoms with E-state index in [1.807, 2.05) is 18.7 Å². The maximum atomic E-state index is 13.3. The lowest BCUT2D eigenvalue weighted by molar-refractivity contribution is -0.134. The van der Waals surface area contributed by atoms with Gasteiger partial charge in [0, 0.05) is 19.1 Å². The molecule has 1 heterocycles. The third-order valence-electron chi connectivity index (χ3n) is 4.23. The Kier molecular flexibility index (Phi) is 6.62. The normalized spacial score (nSPS) is 21.3. The van der Waals surface area contributed by atoms with E-state index in [2.05, 4.69) is 0 Å². The zero-order valence-corrected chi connectivity index (χ0v) is 13.4. The molecule has 0 spiro atoms. The van der Waals surface area contributed by atoms with Crippen molar-refractivity contribution in [2.24, 2.45) is 11.7 Å². The number of amides is 1. The first-order valence-corrected chi connectivity index (χ1v) is 7.29. The molecule has 5 heteroatoms. The second kappa shape index (κ2) is 7.76. The van der Waals surface area contributed by atoms with Crippen LogP contribution in [-0.4, -0.2) is 29.9 Å². The lowest BCUT2D eigenvalue weighted by Gasteiger charge is -2.36. The van der Waals surface area contributed by atoms with Crippen molar-refractivity contribution < 1.29 is 9.18 Å². The second-order valence-electron chi connectivity index (χ2n) is 5.82. The van der Waals surface area contributed by atoms with Gasteiger partial charge in [0.2, 0.25) is 5.91 Å². The molecule has 0 saturated carbocycles. The molecule has 3 unspecified atom stereocenters. The van der Waals surface area contributed by atoms with Gasteiger partial charge in [0.1, 0.15) is 5.82 Å². The molecule has 3 atom stereocenters. The van der Waals surface area contributed by atoms with E-state index < -0.39 is 0 Å². The van der Waals surface area contributed by atoms with Crippen LogP contribution in [-0.2, 0) is 4.79 Å². The van der Waals surface area contributed by atoms with Crippen molar-refractivity contribution >= 4 is 18.3 Å². The summed E-state index contributed by atoms with van der Waals surface area (Å²) in [6.45, 7) is 5.33. The fourth-order valence-electron chi connectivity index (χ4n) is 2.83. The van der Waals surface area contributed by atoms with Crippen molar-refractivity contribution in [1.82, 2.24) is 4.90 Å². The van der Waals surface area contributed by atoms with Crippen LogP contribution in [0.15, 0.2) is 24.3 Å². The van der Waals surface area contributed by atoms with Gasteiger partial charge in [-0.15, -0.1) is 12.4 Å². The van der Waals surface area contributed by atoms with Crippen molar-refractivity contribution in [2.75, 3.05) is 13.1 Å². The highest BCUT2D eigenvalue weighted by Crippen LogP contribution is 2.24. The molecule has 1 aromatic carbocycles. The summed E-state index contributed by atoms with van der Waals surface area (Å²) in [7, 11) is 0. The van der Waals surface area contributed by atoms with Gasteiger partial charge in [0.15, 0.2) is 0 Å². The number of nitrogens with zero attached hydrogens (tertiary/aromatic N) is 1. The lowest BCUT2D eigenvalue weighted by atomic mass is 9.90. The molecular weight excluding hydrogens is 291 g/mol. The Bertz CT molecular complexity index is 481. The summed E-state index contributed by atoms with van der Waals surface area (Å²) in [5.74, 6) is -0.167. The van der Waals surface area contributed by atoms with Crippen LogP contribution in [0.1, 0.15) is 38.2 Å². The molecule has 3 nitrogen and oxygen atoms in total. The highest BCUT2D eigenvalue weighted by atomic mass is 35.5. The molecule has 1 aliphatic rings. The number of piperidine rings is 1. The van der Waals surface area contributed by atoms with E-state index in [4.69, 9.17) is 5.73 Å². The van der Waals surface area contributed by atoms with Gasteiger partial charge in [-0.05, 0) is 50.3 Å². The van der Waals surface area contributed by atoms with Crippen molar-refractivity contribution in [2.45, 2.75) is 38.6 Å². The second-order valence-corrected chi connectivity index (χ2v) is 5.82. The Morgan fingerprint density at radius 3 is 2.76 bits per heavy atom. The van der Waals surface area contributed by atoms with Crippen LogP contribution >= 0.6 is 12.4 Å². The molecule has 118 valence electrons. The lowest BCUT2D eigenvalue weighted by Crippen LogP contribution is -2.46. The summed E-state index contributed by atoms with van der Waals surface area (Å²) in [5, 5.41) is 0. The molecule has 0 aromatic heterocycles. The minimum atomic E-state index is -0.308. The number of benzene rings is 1. The number of hydrogen-bond donors (Lipinski definition) is 1. The predicted molar refractivity (Wildman–Crippen MR) is 85.0 cm³/mol. The maximum absolute atomic E-state index is 13.3. The first-order valence-electron chi connectivity index (χ1n) is 7.29. The number of rotatable bonds is 3. The van der Waals surface area contributed by atoms with Gasteiger partial charge in [-0.3, -0.25) is 4.79 Å². The molecule has 0 bridgehead atoms. The van der Waals surface area contributed by atoms with Gasteiger partial charge < -0.3 is 10.6 Å². The highest BCUT2D eigenvalue weighted by molar-refractivity contribution is 5.85. The van der Waals surface area contributed by atoms with Crippen LogP contribution in [0.3, 0.4) is 0 Å². The van der Waals surface area contributed by atoms with Crippen molar-refractivity contribution in [1.29, 1.82) is 0 Å². The first kappa shape index (κ1) is 17.9. The van der Waals surface area contributed by atoms with E-state index in [1.54, 1.807) is 12.1 Å². The summed E-state index contributed by atoms with van der Waals surface area (Å²) >= 11 is 0. The minimum absolute atomic E-state index is 0. The van der Waals surface area contributed by atoms with Crippen molar-refractivity contribution in [3.8, 4) is 0 Å². The van der Waals surface area contributed by atoms with E-state index in [0.717, 1.165) is 31.5 Å². The molecule has 1 saturated heterocycles. The van der Waals surface area contributed by atoms with E-state index in [9.17, 15) is 9.18 Å². The molecule has 1 aromatic rings. The molecular formula is C16H24ClFN2O. The Hall–Kier alpha value is -1.13. The summed E-state index contributed by atoms with van der Waals surface area (Å²) in [5.41, 5.74) is 6.68. The number of hydrogen-bond acceptors (Lipinski definition) is 2. The fourth-order valence-corrected chi connectivity index (χ4v) is 2.83. The monoisotopic (exact) mass is 314 g/mol. The molecule has 2 rings (SSSR count). The summed E-state index contributed by atoms with van der Waals surface area (Å²) < 4.78 is 13.3. The van der Waals surface area contributed by atoms with Crippen LogP contribution in [0.2, 0.25) is 0 Å². The molecule has 0 radical (unpaired) electrons. The van der Waals surface area contributed by atoms with Gasteiger partial charge in [0.25, 0.3) is 0 Å². The average Bonchev–Trinajstić information content (AvgIpc) is 2.45. The zero-order chi connectivity index (χ0) is 14.7. The summed E-state index contributed by atoms with van der Waals surface area (Å²) in [6, 6.07) is 6.40. The van der Waals surface area contributed by atoms with Gasteiger partial charge in [-0.1, -0.05) is 12.1 Å². The van der Waals surface area contributed by atoms with Crippen LogP contribution in [0.5, 0.6) is 0 Å². The Morgan fingerprint density at radius 2 is 2.14 bits per heavy atom. The average molecular weight is 315 g/mol. The van der Waals surface area contributed by atoms with Crippen LogP contribution in [0, 0.1) is 11.7 Å². The fraction of sp³-hybridized carbons (Fsp3) is 0.562. The summed E-state index contributed by atoms with van der Waals surface area (Å²) in [4.78, 5) is 14.4. The number of nitrogens with two attached hydrogens (primary N) is 1. The molecule has 21 heavy (non-hydrogen) atoms. The standard InChI is InChI=1S/C16H23FN2O.ClH/c1-11(13-5-3-7-15(17)9-13)16(20)19-8-4-6-14(10-19)12(2)18;/h3,5,7,9,11-12,14H,4,6,8,10,18H2,1-2H3;1H. The number of carbonyl (C=O) groups excluding carboxylic acids is 1. The topological polar surface area (TPSA) is 46.3 Å². The Labute approximate surface area is 132 Å². The zero-order valence-electron chi connectivity index (χ0n) is 12.6. The van der Waals surface area contributed by atoms with Crippen LogP contribution < -0.4 is 5.73 Å². The highest BCUT2D eigenvalue weighted by Gasteiger charge is 2.28. The minimum Gasteiger partial charge on any atom is -0.342 e. The maximum Gasteiger partial charge on any atom is 0.229 e. The van der Waals surface area contributed by atoms with E-state index in [1.165, 1.54) is 12.1 Å². The first-order chi connectivity index (χ1) is 9.49. The van der Waals surface area contributed by atoms with E-state index in [0.29, 0.717) is 5.92 Å². The van der Waals surface area contributed by atoms with Gasteiger partial charge >= 0.3 is 0 Å². The van der Waals surface area contributed by atoms with Gasteiger partial charge in [-0.2, -0.15) is 0 Å². The van der Waals surface area contributed by atoms with E-state index in [-0.39, 0.29) is 36.1 Å². The van der Waals surface area contributed by atoms with E-state index >= 15 is 0 Å². The Balaban J connectivity index is 0.00000220. The largest absolute Gasteiger partial charge is 0.342 e. The number of halogens is 2. The number of carbonyl (C=O) groups is 1. The van der Waals surface area contributed by atoms with Gasteiger partial charge in [0.05, 0.1) is 5.92 Å². The molecule has 1 aliphatic heterocycles. The quantitative estimate of drug-likeness (QED) is 0.932. The third-order valence-corrected chi connectivity index (χ3v) is 4.23. The third kappa shape index (κ3) is 4.42. The summed E-state index contributed by atoms with van der Waals surface area (Å²) in [6.07, 6.45) is 2.07. The van der Waals surface area contributed by atoms with Crippen LogP contribution in [0.25, 0.3) is 0 Å². The molecule has 1 amide bonds. The number of likely N-dealkylation sites (tertiary alicyclic amines) is 1. The molecule has 1 fully saturated rings. The predicted octanol–water partition coefficient (Wildman–Crippen LogP) is 2.94. The van der Waals surface area contributed by atoms with Crippen LogP contribution in [0.4, 0.5) is 4.39 Å². The van der Waals surface area contributed by atoms with Crippen molar-refractivity contribution in [3.05, 3.63) is 35.6 Å². The molecule has 2 N–H and O–H groups in total. The smallest absolute Gasteiger partial charge is 0.229 e.